The quantitative estimate of drug-likeness (QED) is 0.823. The van der Waals surface area contributed by atoms with E-state index in [1.165, 1.54) is 6.08 Å². The van der Waals surface area contributed by atoms with Crippen LogP contribution in [0, 0.1) is 6.92 Å². The Morgan fingerprint density at radius 1 is 1.33 bits per heavy atom. The van der Waals surface area contributed by atoms with Gasteiger partial charge in [-0.25, -0.2) is 4.79 Å². The van der Waals surface area contributed by atoms with Crippen LogP contribution in [-0.4, -0.2) is 26.6 Å². The Balaban J connectivity index is 1.93. The smallest absolute Gasteiger partial charge is 0.328 e. The Labute approximate surface area is 125 Å². The van der Waals surface area contributed by atoms with Gasteiger partial charge in [0.2, 0.25) is 0 Å². The number of aliphatic carboxylic acids is 1. The SMILES string of the molecule is Cc1nnsc1C(=O)NCc1ccc(C=CC(=O)O)cc1. The number of carbonyl (C=O) groups excluding carboxylic acids is 1. The van der Waals surface area contributed by atoms with Crippen molar-refractivity contribution in [3.63, 3.8) is 0 Å². The van der Waals surface area contributed by atoms with Gasteiger partial charge in [0.15, 0.2) is 0 Å². The molecular weight excluding hydrogens is 290 g/mol. The molecular formula is C14H13N3O3S. The molecule has 0 spiro atoms. The zero-order valence-corrected chi connectivity index (χ0v) is 12.1. The maximum absolute atomic E-state index is 11.9. The van der Waals surface area contributed by atoms with Crippen LogP contribution in [0.1, 0.15) is 26.5 Å². The van der Waals surface area contributed by atoms with Crippen LogP contribution in [0.5, 0.6) is 0 Å². The van der Waals surface area contributed by atoms with Crippen molar-refractivity contribution in [3.8, 4) is 0 Å². The maximum Gasteiger partial charge on any atom is 0.328 e. The summed E-state index contributed by atoms with van der Waals surface area (Å²) in [4.78, 5) is 22.8. The summed E-state index contributed by atoms with van der Waals surface area (Å²) in [5.74, 6) is -1.18. The first kappa shape index (κ1) is 14.9. The molecule has 0 aliphatic carbocycles. The van der Waals surface area contributed by atoms with Gasteiger partial charge in [0.1, 0.15) is 4.88 Å². The molecule has 21 heavy (non-hydrogen) atoms. The molecule has 2 N–H and O–H groups in total. The van der Waals surface area contributed by atoms with E-state index in [-0.39, 0.29) is 5.91 Å². The summed E-state index contributed by atoms with van der Waals surface area (Å²) in [6, 6.07) is 7.25. The molecule has 0 saturated carbocycles. The fourth-order valence-corrected chi connectivity index (χ4v) is 2.19. The van der Waals surface area contributed by atoms with Gasteiger partial charge in [-0.3, -0.25) is 4.79 Å². The molecule has 1 amide bonds. The van der Waals surface area contributed by atoms with Crippen molar-refractivity contribution in [2.75, 3.05) is 0 Å². The highest BCUT2D eigenvalue weighted by Gasteiger charge is 2.12. The molecule has 2 rings (SSSR count). The summed E-state index contributed by atoms with van der Waals surface area (Å²) in [6.45, 7) is 2.13. The van der Waals surface area contributed by atoms with Gasteiger partial charge in [-0.15, -0.1) is 5.10 Å². The molecule has 2 aromatic rings. The average Bonchev–Trinajstić information content (AvgIpc) is 2.90. The zero-order chi connectivity index (χ0) is 15.2. The van der Waals surface area contributed by atoms with Crippen molar-refractivity contribution in [2.45, 2.75) is 13.5 Å². The number of carbonyl (C=O) groups is 2. The summed E-state index contributed by atoms with van der Waals surface area (Å²) >= 11 is 1.07. The Morgan fingerprint density at radius 3 is 2.62 bits per heavy atom. The molecule has 0 aliphatic rings. The monoisotopic (exact) mass is 303 g/mol. The molecule has 0 saturated heterocycles. The van der Waals surface area contributed by atoms with E-state index < -0.39 is 5.97 Å². The fourth-order valence-electron chi connectivity index (χ4n) is 1.62. The second kappa shape index (κ2) is 6.76. The van der Waals surface area contributed by atoms with Crippen molar-refractivity contribution in [1.29, 1.82) is 0 Å². The Kier molecular flexibility index (Phi) is 4.78. The summed E-state index contributed by atoms with van der Waals surface area (Å²) in [6.07, 6.45) is 2.59. The first-order valence-electron chi connectivity index (χ1n) is 6.13. The number of carboxylic acid groups (broad SMARTS) is 1. The normalized spacial score (nSPS) is 10.7. The highest BCUT2D eigenvalue weighted by atomic mass is 32.1. The first-order valence-corrected chi connectivity index (χ1v) is 6.90. The molecule has 6 nitrogen and oxygen atoms in total. The second-order valence-corrected chi connectivity index (χ2v) is 5.04. The van der Waals surface area contributed by atoms with Crippen molar-refractivity contribution in [1.82, 2.24) is 14.9 Å². The molecule has 1 aromatic carbocycles. The highest BCUT2D eigenvalue weighted by Crippen LogP contribution is 2.10. The van der Waals surface area contributed by atoms with Gasteiger partial charge in [0, 0.05) is 12.6 Å². The molecule has 0 unspecified atom stereocenters. The first-order chi connectivity index (χ1) is 10.1. The van der Waals surface area contributed by atoms with E-state index in [2.05, 4.69) is 14.9 Å². The lowest BCUT2D eigenvalue weighted by Gasteiger charge is -2.04. The van der Waals surface area contributed by atoms with E-state index in [1.807, 2.05) is 12.1 Å². The van der Waals surface area contributed by atoms with Gasteiger partial charge >= 0.3 is 5.97 Å². The summed E-state index contributed by atoms with van der Waals surface area (Å²) in [5, 5.41) is 15.1. The van der Waals surface area contributed by atoms with Gasteiger partial charge < -0.3 is 10.4 Å². The summed E-state index contributed by atoms with van der Waals surface area (Å²) < 4.78 is 3.72. The summed E-state index contributed by atoms with van der Waals surface area (Å²) in [7, 11) is 0. The number of hydrogen-bond donors (Lipinski definition) is 2. The van der Waals surface area contributed by atoms with Gasteiger partial charge in [0.25, 0.3) is 5.91 Å². The third-order valence-corrected chi connectivity index (χ3v) is 3.54. The number of rotatable bonds is 5. The van der Waals surface area contributed by atoms with Gasteiger partial charge in [0.05, 0.1) is 5.69 Å². The van der Waals surface area contributed by atoms with E-state index in [4.69, 9.17) is 5.11 Å². The molecule has 108 valence electrons. The number of hydrogen-bond acceptors (Lipinski definition) is 5. The number of nitrogens with one attached hydrogen (secondary N) is 1. The largest absolute Gasteiger partial charge is 0.478 e. The molecule has 1 aromatic heterocycles. The molecule has 0 atom stereocenters. The van der Waals surface area contributed by atoms with Crippen LogP contribution >= 0.6 is 11.5 Å². The molecule has 0 aliphatic heterocycles. The Hall–Kier alpha value is -2.54. The number of nitrogens with zero attached hydrogens (tertiary/aromatic N) is 2. The highest BCUT2D eigenvalue weighted by molar-refractivity contribution is 7.07. The van der Waals surface area contributed by atoms with E-state index in [0.29, 0.717) is 17.1 Å². The van der Waals surface area contributed by atoms with Gasteiger partial charge in [-0.05, 0) is 35.7 Å². The van der Waals surface area contributed by atoms with Crippen LogP contribution in [0.15, 0.2) is 30.3 Å². The van der Waals surface area contributed by atoms with Crippen LogP contribution in [0.2, 0.25) is 0 Å². The molecule has 1 heterocycles. The minimum Gasteiger partial charge on any atom is -0.478 e. The predicted molar refractivity (Wildman–Crippen MR) is 78.9 cm³/mol. The number of aromatic nitrogens is 2. The Morgan fingerprint density at radius 2 is 2.05 bits per heavy atom. The number of carboxylic acids is 1. The number of benzene rings is 1. The minimum atomic E-state index is -0.986. The minimum absolute atomic E-state index is 0.197. The third kappa shape index (κ3) is 4.22. The van der Waals surface area contributed by atoms with E-state index in [1.54, 1.807) is 19.1 Å². The lowest BCUT2D eigenvalue weighted by atomic mass is 10.1. The zero-order valence-electron chi connectivity index (χ0n) is 11.2. The van der Waals surface area contributed by atoms with Crippen LogP contribution in [-0.2, 0) is 11.3 Å². The fraction of sp³-hybridized carbons (Fsp3) is 0.143. The topological polar surface area (TPSA) is 92.2 Å². The lowest BCUT2D eigenvalue weighted by Crippen LogP contribution is -2.22. The van der Waals surface area contributed by atoms with Gasteiger partial charge in [-0.1, -0.05) is 28.8 Å². The van der Waals surface area contributed by atoms with Gasteiger partial charge in [-0.2, -0.15) is 0 Å². The molecule has 0 radical (unpaired) electrons. The lowest BCUT2D eigenvalue weighted by molar-refractivity contribution is -0.131. The van der Waals surface area contributed by atoms with Crippen LogP contribution in [0.4, 0.5) is 0 Å². The van der Waals surface area contributed by atoms with Crippen LogP contribution in [0.3, 0.4) is 0 Å². The van der Waals surface area contributed by atoms with Crippen molar-refractivity contribution >= 4 is 29.5 Å². The maximum atomic E-state index is 11.9. The van der Waals surface area contributed by atoms with Crippen LogP contribution < -0.4 is 5.32 Å². The van der Waals surface area contributed by atoms with E-state index in [0.717, 1.165) is 28.7 Å². The molecule has 0 bridgehead atoms. The Bertz CT molecular complexity index is 677. The van der Waals surface area contributed by atoms with Crippen molar-refractivity contribution in [2.24, 2.45) is 0 Å². The summed E-state index contributed by atoms with van der Waals surface area (Å²) in [5.41, 5.74) is 2.33. The molecule has 7 heteroatoms. The molecule has 0 fully saturated rings. The van der Waals surface area contributed by atoms with E-state index >= 15 is 0 Å². The second-order valence-electron chi connectivity index (χ2n) is 4.28. The average molecular weight is 303 g/mol. The van der Waals surface area contributed by atoms with Crippen LogP contribution in [0.25, 0.3) is 6.08 Å². The number of aryl methyl sites for hydroxylation is 1. The third-order valence-electron chi connectivity index (χ3n) is 2.71. The number of amides is 1. The predicted octanol–water partition coefficient (Wildman–Crippen LogP) is 1.87. The van der Waals surface area contributed by atoms with Crippen molar-refractivity contribution < 1.29 is 14.7 Å². The van der Waals surface area contributed by atoms with E-state index in [9.17, 15) is 9.59 Å². The standard InChI is InChI=1S/C14H13N3O3S/c1-9-13(21-17-16-9)14(20)15-8-11-4-2-10(3-5-11)6-7-12(18)19/h2-7H,8H2,1H3,(H,15,20)(H,18,19). The van der Waals surface area contributed by atoms with Crippen molar-refractivity contribution in [3.05, 3.63) is 52.0 Å².